The van der Waals surface area contributed by atoms with Crippen molar-refractivity contribution in [3.8, 4) is 11.3 Å². The molecule has 0 radical (unpaired) electrons. The van der Waals surface area contributed by atoms with Gasteiger partial charge in [-0.3, -0.25) is 0 Å². The van der Waals surface area contributed by atoms with Crippen LogP contribution in [0.3, 0.4) is 0 Å². The number of aromatic nitrogens is 3. The van der Waals surface area contributed by atoms with Gasteiger partial charge in [0, 0.05) is 44.0 Å². The Bertz CT molecular complexity index is 1530. The van der Waals surface area contributed by atoms with Crippen molar-refractivity contribution in [2.45, 2.75) is 10.9 Å². The molecule has 2 aromatic heterocycles. The summed E-state index contributed by atoms with van der Waals surface area (Å²) in [6, 6.07) is 18.3. The van der Waals surface area contributed by atoms with Gasteiger partial charge in [-0.05, 0) is 35.9 Å². The fraction of sp³-hybridized carbons (Fsp3) is 0.192. The molecule has 190 valence electrons. The predicted molar refractivity (Wildman–Crippen MR) is 143 cm³/mol. The molecule has 2 N–H and O–H groups in total. The number of pyridine rings is 1. The lowest BCUT2D eigenvalue weighted by Gasteiger charge is -2.36. The maximum Gasteiger partial charge on any atom is 0.249 e. The molecule has 0 atom stereocenters. The minimum Gasteiger partial charge on any atom is -0.396 e. The number of halogens is 2. The normalized spacial score (nSPS) is 14.1. The second-order valence-electron chi connectivity index (χ2n) is 8.66. The Kier molecular flexibility index (Phi) is 6.94. The zero-order valence-electron chi connectivity index (χ0n) is 19.8. The Morgan fingerprint density at radius 1 is 0.919 bits per heavy atom. The zero-order valence-corrected chi connectivity index (χ0v) is 21.3. The molecule has 0 amide bonds. The quantitative estimate of drug-likeness (QED) is 0.364. The average molecular weight is 539 g/mol. The first-order valence-corrected chi connectivity index (χ1v) is 13.6. The first-order valence-electron chi connectivity index (χ1n) is 11.6. The third-order valence-electron chi connectivity index (χ3n) is 6.11. The highest BCUT2D eigenvalue weighted by atomic mass is 35.5. The van der Waals surface area contributed by atoms with Crippen molar-refractivity contribution < 1.29 is 12.8 Å². The molecule has 0 aliphatic carbocycles. The van der Waals surface area contributed by atoms with E-state index in [9.17, 15) is 12.8 Å². The Labute approximate surface area is 219 Å². The van der Waals surface area contributed by atoms with Crippen LogP contribution in [-0.4, -0.2) is 49.5 Å². The lowest BCUT2D eigenvalue weighted by molar-refractivity contribution is 0.584. The van der Waals surface area contributed by atoms with Gasteiger partial charge in [0.2, 0.25) is 15.0 Å². The summed E-state index contributed by atoms with van der Waals surface area (Å²) in [5.41, 5.74) is 8.16. The van der Waals surface area contributed by atoms with E-state index in [-0.39, 0.29) is 15.9 Å². The molecule has 4 aromatic rings. The second-order valence-corrected chi connectivity index (χ2v) is 10.9. The van der Waals surface area contributed by atoms with Gasteiger partial charge in [0.1, 0.15) is 11.6 Å². The van der Waals surface area contributed by atoms with E-state index in [1.807, 2.05) is 17.0 Å². The molecule has 5 rings (SSSR count). The molecule has 0 saturated carbocycles. The van der Waals surface area contributed by atoms with Crippen molar-refractivity contribution in [2.24, 2.45) is 0 Å². The molecule has 1 saturated heterocycles. The van der Waals surface area contributed by atoms with E-state index >= 15 is 0 Å². The first kappa shape index (κ1) is 24.9. The number of piperazine rings is 1. The van der Waals surface area contributed by atoms with Crippen LogP contribution in [0.15, 0.2) is 78.1 Å². The molecule has 37 heavy (non-hydrogen) atoms. The van der Waals surface area contributed by atoms with E-state index in [4.69, 9.17) is 17.3 Å². The van der Waals surface area contributed by atoms with Crippen molar-refractivity contribution in [1.82, 2.24) is 15.0 Å². The number of rotatable bonds is 6. The van der Waals surface area contributed by atoms with E-state index in [1.54, 1.807) is 42.6 Å². The molecule has 0 bridgehead atoms. The van der Waals surface area contributed by atoms with Crippen LogP contribution in [0.25, 0.3) is 11.3 Å². The lowest BCUT2D eigenvalue weighted by Crippen LogP contribution is -2.47. The van der Waals surface area contributed by atoms with E-state index in [1.165, 1.54) is 18.2 Å². The predicted octanol–water partition coefficient (Wildman–Crippen LogP) is 4.21. The van der Waals surface area contributed by atoms with Crippen molar-refractivity contribution >= 4 is 38.8 Å². The van der Waals surface area contributed by atoms with E-state index in [0.29, 0.717) is 54.5 Å². The van der Waals surface area contributed by atoms with E-state index < -0.39 is 15.7 Å². The van der Waals surface area contributed by atoms with Gasteiger partial charge in [0.05, 0.1) is 22.2 Å². The van der Waals surface area contributed by atoms with Crippen molar-refractivity contribution in [2.75, 3.05) is 41.7 Å². The molecule has 1 fully saturated rings. The third-order valence-corrected chi connectivity index (χ3v) is 7.85. The summed E-state index contributed by atoms with van der Waals surface area (Å²) in [6.45, 7) is 2.37. The smallest absolute Gasteiger partial charge is 0.249 e. The Morgan fingerprint density at radius 3 is 2.35 bits per heavy atom. The molecule has 2 aromatic carbocycles. The van der Waals surface area contributed by atoms with Crippen LogP contribution in [0.1, 0.15) is 5.56 Å². The minimum atomic E-state index is -3.88. The highest BCUT2D eigenvalue weighted by Crippen LogP contribution is 2.29. The second kappa shape index (κ2) is 10.3. The van der Waals surface area contributed by atoms with Crippen molar-refractivity contribution in [1.29, 1.82) is 0 Å². The van der Waals surface area contributed by atoms with E-state index in [0.717, 1.165) is 5.82 Å². The zero-order chi connectivity index (χ0) is 26.0. The minimum absolute atomic E-state index is 0.0760. The Hall–Kier alpha value is -3.76. The largest absolute Gasteiger partial charge is 0.396 e. The van der Waals surface area contributed by atoms with Gasteiger partial charge in [-0.2, -0.15) is 0 Å². The number of anilines is 3. The van der Waals surface area contributed by atoms with Crippen LogP contribution in [0.2, 0.25) is 5.02 Å². The fourth-order valence-electron chi connectivity index (χ4n) is 4.20. The lowest BCUT2D eigenvalue weighted by atomic mass is 10.1. The van der Waals surface area contributed by atoms with E-state index in [2.05, 4.69) is 19.9 Å². The maximum atomic E-state index is 13.8. The van der Waals surface area contributed by atoms with Gasteiger partial charge in [0.15, 0.2) is 5.82 Å². The molecule has 11 heteroatoms. The summed E-state index contributed by atoms with van der Waals surface area (Å²) < 4.78 is 40.5. The standard InChI is InChI=1S/C26H24ClFN6O2S/c27-20-15-19(8-9-21(20)28)23-16-24(32-26(31-23)37(35,36)17-18-5-2-1-3-6-18)33-11-13-34(14-12-33)25-22(29)7-4-10-30-25/h1-10,15-16H,11-14,17,29H2. The molecule has 8 nitrogen and oxygen atoms in total. The molecule has 0 spiro atoms. The van der Waals surface area contributed by atoms with Crippen LogP contribution in [-0.2, 0) is 15.6 Å². The Morgan fingerprint density at radius 2 is 1.65 bits per heavy atom. The Balaban J connectivity index is 1.49. The fourth-order valence-corrected chi connectivity index (χ4v) is 5.61. The van der Waals surface area contributed by atoms with Gasteiger partial charge in [-0.1, -0.05) is 41.9 Å². The van der Waals surface area contributed by atoms with Crippen LogP contribution in [0.5, 0.6) is 0 Å². The van der Waals surface area contributed by atoms with Crippen molar-refractivity contribution in [3.63, 3.8) is 0 Å². The molecular weight excluding hydrogens is 515 g/mol. The summed E-state index contributed by atoms with van der Waals surface area (Å²) in [6.07, 6.45) is 1.70. The highest BCUT2D eigenvalue weighted by Gasteiger charge is 2.25. The van der Waals surface area contributed by atoms with Crippen LogP contribution >= 0.6 is 11.6 Å². The monoisotopic (exact) mass is 538 g/mol. The highest BCUT2D eigenvalue weighted by molar-refractivity contribution is 7.90. The van der Waals surface area contributed by atoms with Crippen LogP contribution in [0, 0.1) is 5.82 Å². The molecule has 0 unspecified atom stereocenters. The topological polar surface area (TPSA) is 105 Å². The maximum absolute atomic E-state index is 13.8. The number of sulfone groups is 1. The summed E-state index contributed by atoms with van der Waals surface area (Å²) in [5.74, 6) is 0.373. The van der Waals surface area contributed by atoms with Crippen LogP contribution in [0.4, 0.5) is 21.7 Å². The molecule has 1 aliphatic rings. The molecule has 1 aliphatic heterocycles. The number of hydrogen-bond donors (Lipinski definition) is 1. The SMILES string of the molecule is Nc1cccnc1N1CCN(c2cc(-c3ccc(F)c(Cl)c3)nc(S(=O)(=O)Cc3ccccc3)n2)CC1. The number of nitrogen functional groups attached to an aromatic ring is 1. The van der Waals surface area contributed by atoms with Gasteiger partial charge >= 0.3 is 0 Å². The summed E-state index contributed by atoms with van der Waals surface area (Å²) in [7, 11) is -3.88. The van der Waals surface area contributed by atoms with Gasteiger partial charge in [-0.15, -0.1) is 0 Å². The summed E-state index contributed by atoms with van der Waals surface area (Å²) in [5, 5.41) is -0.367. The van der Waals surface area contributed by atoms with Gasteiger partial charge in [0.25, 0.3) is 0 Å². The van der Waals surface area contributed by atoms with Crippen LogP contribution < -0.4 is 15.5 Å². The number of nitrogens with zero attached hydrogens (tertiary/aromatic N) is 5. The molecule has 3 heterocycles. The molecular formula is C26H24ClFN6O2S. The summed E-state index contributed by atoms with van der Waals surface area (Å²) in [4.78, 5) is 17.3. The third kappa shape index (κ3) is 5.50. The van der Waals surface area contributed by atoms with Gasteiger partial charge < -0.3 is 15.5 Å². The van der Waals surface area contributed by atoms with Gasteiger partial charge in [-0.25, -0.2) is 27.8 Å². The average Bonchev–Trinajstić information content (AvgIpc) is 2.91. The number of benzene rings is 2. The first-order chi connectivity index (χ1) is 17.8. The number of nitrogens with two attached hydrogens (primary N) is 1. The number of hydrogen-bond acceptors (Lipinski definition) is 8. The van der Waals surface area contributed by atoms with Crippen molar-refractivity contribution in [3.05, 3.63) is 89.3 Å². The summed E-state index contributed by atoms with van der Waals surface area (Å²) >= 11 is 6.01.